The van der Waals surface area contributed by atoms with Crippen LogP contribution in [0.25, 0.3) is 0 Å². The van der Waals surface area contributed by atoms with Crippen LogP contribution in [0.5, 0.6) is 5.75 Å². The summed E-state index contributed by atoms with van der Waals surface area (Å²) in [5.41, 5.74) is 1.22. The lowest BCUT2D eigenvalue weighted by atomic mass is 9.86. The first-order valence-electron chi connectivity index (χ1n) is 6.62. The third kappa shape index (κ3) is 2.19. The summed E-state index contributed by atoms with van der Waals surface area (Å²) in [5, 5.41) is 9.17. The van der Waals surface area contributed by atoms with E-state index in [1.807, 2.05) is 18.2 Å². The Hall–Kier alpha value is -1.22. The van der Waals surface area contributed by atoms with Crippen molar-refractivity contribution >= 4 is 5.69 Å². The standard InChI is InChI=1S/C15H23NO2/c1-15(2)12(9-11-17)8-10-16(15)13-6-4-5-7-14(13)18-3/h4-7,12,17H,8-11H2,1-3H3. The number of methoxy groups -OCH3 is 1. The molecule has 1 unspecified atom stereocenters. The molecule has 1 heterocycles. The van der Waals surface area contributed by atoms with Crippen LogP contribution in [-0.2, 0) is 0 Å². The average molecular weight is 249 g/mol. The summed E-state index contributed by atoms with van der Waals surface area (Å²) in [7, 11) is 1.72. The van der Waals surface area contributed by atoms with Gasteiger partial charge in [-0.3, -0.25) is 0 Å². The van der Waals surface area contributed by atoms with E-state index in [0.29, 0.717) is 5.92 Å². The largest absolute Gasteiger partial charge is 0.495 e. The van der Waals surface area contributed by atoms with E-state index in [1.165, 1.54) is 0 Å². The summed E-state index contributed by atoms with van der Waals surface area (Å²) >= 11 is 0. The predicted molar refractivity (Wildman–Crippen MR) is 74.2 cm³/mol. The van der Waals surface area contributed by atoms with Crippen molar-refractivity contribution in [3.63, 3.8) is 0 Å². The van der Waals surface area contributed by atoms with E-state index in [4.69, 9.17) is 4.74 Å². The zero-order valence-electron chi connectivity index (χ0n) is 11.5. The quantitative estimate of drug-likeness (QED) is 0.890. The van der Waals surface area contributed by atoms with Gasteiger partial charge in [-0.1, -0.05) is 12.1 Å². The molecule has 1 saturated heterocycles. The Morgan fingerprint density at radius 2 is 2.11 bits per heavy atom. The Bertz CT molecular complexity index is 403. The minimum Gasteiger partial charge on any atom is -0.495 e. The highest BCUT2D eigenvalue weighted by molar-refractivity contribution is 5.60. The molecule has 1 N–H and O–H groups in total. The van der Waals surface area contributed by atoms with E-state index in [0.717, 1.165) is 30.8 Å². The maximum Gasteiger partial charge on any atom is 0.142 e. The van der Waals surface area contributed by atoms with Gasteiger partial charge >= 0.3 is 0 Å². The zero-order valence-corrected chi connectivity index (χ0v) is 11.5. The number of rotatable bonds is 4. The lowest BCUT2D eigenvalue weighted by Crippen LogP contribution is -2.43. The molecule has 18 heavy (non-hydrogen) atoms. The van der Waals surface area contributed by atoms with Crippen LogP contribution in [0.15, 0.2) is 24.3 Å². The molecule has 1 aromatic rings. The fourth-order valence-electron chi connectivity index (χ4n) is 3.08. The number of ether oxygens (including phenoxy) is 1. The second-order valence-corrected chi connectivity index (χ2v) is 5.48. The molecule has 0 spiro atoms. The van der Waals surface area contributed by atoms with Crippen LogP contribution in [-0.4, -0.2) is 30.9 Å². The molecule has 0 saturated carbocycles. The Morgan fingerprint density at radius 1 is 1.39 bits per heavy atom. The van der Waals surface area contributed by atoms with Crippen LogP contribution in [0.1, 0.15) is 26.7 Å². The summed E-state index contributed by atoms with van der Waals surface area (Å²) < 4.78 is 5.46. The number of nitrogens with zero attached hydrogens (tertiary/aromatic N) is 1. The van der Waals surface area contributed by atoms with Crippen molar-refractivity contribution in [3.8, 4) is 5.75 Å². The number of benzene rings is 1. The first-order valence-corrected chi connectivity index (χ1v) is 6.62. The smallest absolute Gasteiger partial charge is 0.142 e. The first kappa shape index (κ1) is 13.2. The van der Waals surface area contributed by atoms with Gasteiger partial charge in [0.2, 0.25) is 0 Å². The minimum atomic E-state index is 0.0668. The highest BCUT2D eigenvalue weighted by Crippen LogP contribution is 2.42. The Kier molecular flexibility index (Phi) is 3.81. The number of anilines is 1. The topological polar surface area (TPSA) is 32.7 Å². The third-order valence-corrected chi connectivity index (χ3v) is 4.25. The van der Waals surface area contributed by atoms with Crippen LogP contribution < -0.4 is 9.64 Å². The van der Waals surface area contributed by atoms with Gasteiger partial charge in [0.15, 0.2) is 0 Å². The van der Waals surface area contributed by atoms with E-state index in [9.17, 15) is 5.11 Å². The van der Waals surface area contributed by atoms with E-state index < -0.39 is 0 Å². The summed E-state index contributed by atoms with van der Waals surface area (Å²) in [5.74, 6) is 1.46. The predicted octanol–water partition coefficient (Wildman–Crippen LogP) is 2.68. The zero-order chi connectivity index (χ0) is 13.2. The van der Waals surface area contributed by atoms with Crippen LogP contribution >= 0.6 is 0 Å². The molecule has 1 aliphatic rings. The van der Waals surface area contributed by atoms with Crippen LogP contribution in [0.3, 0.4) is 0 Å². The summed E-state index contributed by atoms with van der Waals surface area (Å²) in [6.45, 7) is 5.81. The van der Waals surface area contributed by atoms with Gasteiger partial charge in [0.25, 0.3) is 0 Å². The minimum absolute atomic E-state index is 0.0668. The van der Waals surface area contributed by atoms with Gasteiger partial charge in [-0.05, 0) is 44.7 Å². The van der Waals surface area contributed by atoms with Crippen molar-refractivity contribution in [2.75, 3.05) is 25.2 Å². The molecule has 100 valence electrons. The van der Waals surface area contributed by atoms with Crippen LogP contribution in [0.4, 0.5) is 5.69 Å². The third-order valence-electron chi connectivity index (χ3n) is 4.25. The van der Waals surface area contributed by atoms with Crippen LogP contribution in [0.2, 0.25) is 0 Å². The molecule has 1 atom stereocenters. The number of para-hydroxylation sites is 2. The molecule has 0 bridgehead atoms. The molecule has 1 aromatic carbocycles. The molecule has 0 radical (unpaired) electrons. The number of hydrogen-bond donors (Lipinski definition) is 1. The fourth-order valence-corrected chi connectivity index (χ4v) is 3.08. The number of hydrogen-bond acceptors (Lipinski definition) is 3. The lowest BCUT2D eigenvalue weighted by molar-refractivity contribution is 0.229. The normalized spacial score (nSPS) is 22.2. The van der Waals surface area contributed by atoms with Gasteiger partial charge in [0.1, 0.15) is 5.75 Å². The first-order chi connectivity index (χ1) is 8.61. The van der Waals surface area contributed by atoms with Crippen molar-refractivity contribution in [1.29, 1.82) is 0 Å². The van der Waals surface area contributed by atoms with Gasteiger partial charge in [0, 0.05) is 18.7 Å². The van der Waals surface area contributed by atoms with Crippen molar-refractivity contribution in [2.24, 2.45) is 5.92 Å². The van der Waals surface area contributed by atoms with Gasteiger partial charge < -0.3 is 14.7 Å². The second kappa shape index (κ2) is 5.19. The fraction of sp³-hybridized carbons (Fsp3) is 0.600. The molecule has 1 fully saturated rings. The maximum atomic E-state index is 9.17. The Balaban J connectivity index is 2.29. The van der Waals surface area contributed by atoms with E-state index >= 15 is 0 Å². The van der Waals surface area contributed by atoms with Crippen molar-refractivity contribution in [2.45, 2.75) is 32.2 Å². The van der Waals surface area contributed by atoms with Crippen molar-refractivity contribution < 1.29 is 9.84 Å². The van der Waals surface area contributed by atoms with Crippen LogP contribution in [0, 0.1) is 5.92 Å². The molecule has 3 nitrogen and oxygen atoms in total. The molecular weight excluding hydrogens is 226 g/mol. The monoisotopic (exact) mass is 249 g/mol. The molecular formula is C15H23NO2. The molecule has 0 aliphatic carbocycles. The summed E-state index contributed by atoms with van der Waals surface area (Å²) in [6.07, 6.45) is 2.00. The molecule has 0 amide bonds. The molecule has 1 aliphatic heterocycles. The molecule has 0 aromatic heterocycles. The Labute approximate surface area is 109 Å². The van der Waals surface area contributed by atoms with E-state index in [1.54, 1.807) is 7.11 Å². The van der Waals surface area contributed by atoms with Crippen molar-refractivity contribution in [3.05, 3.63) is 24.3 Å². The highest BCUT2D eigenvalue weighted by atomic mass is 16.5. The van der Waals surface area contributed by atoms with Gasteiger partial charge in [-0.15, -0.1) is 0 Å². The van der Waals surface area contributed by atoms with Gasteiger partial charge in [-0.2, -0.15) is 0 Å². The van der Waals surface area contributed by atoms with Gasteiger partial charge in [-0.25, -0.2) is 0 Å². The average Bonchev–Trinajstić information content (AvgIpc) is 2.65. The van der Waals surface area contributed by atoms with E-state index in [2.05, 4.69) is 24.8 Å². The summed E-state index contributed by atoms with van der Waals surface area (Å²) in [4.78, 5) is 2.41. The maximum absolute atomic E-state index is 9.17. The van der Waals surface area contributed by atoms with Crippen molar-refractivity contribution in [1.82, 2.24) is 0 Å². The highest BCUT2D eigenvalue weighted by Gasteiger charge is 2.41. The SMILES string of the molecule is COc1ccccc1N1CCC(CCO)C1(C)C. The number of aliphatic hydroxyl groups is 1. The van der Waals surface area contributed by atoms with Gasteiger partial charge in [0.05, 0.1) is 12.8 Å². The molecule has 3 heteroatoms. The lowest BCUT2D eigenvalue weighted by Gasteiger charge is -2.38. The second-order valence-electron chi connectivity index (χ2n) is 5.48. The van der Waals surface area contributed by atoms with E-state index in [-0.39, 0.29) is 12.1 Å². The number of aliphatic hydroxyl groups excluding tert-OH is 1. The molecule has 2 rings (SSSR count). The Morgan fingerprint density at radius 3 is 2.78 bits per heavy atom. The summed E-state index contributed by atoms with van der Waals surface area (Å²) in [6, 6.07) is 8.16.